The molecule has 17 heavy (non-hydrogen) atoms. The molecular formula is C14H19N3. The molecule has 0 saturated heterocycles. The highest BCUT2D eigenvalue weighted by atomic mass is 15.2. The van der Waals surface area contributed by atoms with Crippen LogP contribution in [0.25, 0.3) is 0 Å². The lowest BCUT2D eigenvalue weighted by Gasteiger charge is -2.12. The quantitative estimate of drug-likeness (QED) is 0.873. The number of imidazole rings is 1. The van der Waals surface area contributed by atoms with Crippen molar-refractivity contribution in [2.24, 2.45) is 0 Å². The predicted octanol–water partition coefficient (Wildman–Crippen LogP) is 3.06. The number of nitrogens with zero attached hydrogens (tertiary/aromatic N) is 2. The molecule has 1 heterocycles. The van der Waals surface area contributed by atoms with Gasteiger partial charge in [0.15, 0.2) is 0 Å². The van der Waals surface area contributed by atoms with Gasteiger partial charge in [0.2, 0.25) is 5.95 Å². The minimum absolute atomic E-state index is 0.395. The Morgan fingerprint density at radius 2 is 1.94 bits per heavy atom. The van der Waals surface area contributed by atoms with E-state index >= 15 is 0 Å². The number of aryl methyl sites for hydroxylation is 1. The van der Waals surface area contributed by atoms with Crippen LogP contribution in [0.15, 0.2) is 36.5 Å². The SMILES string of the molecule is Cc1cn(Cc2ccccc2)c(NC(C)C)n1. The molecule has 0 radical (unpaired) electrons. The minimum Gasteiger partial charge on any atom is -0.353 e. The summed E-state index contributed by atoms with van der Waals surface area (Å²) < 4.78 is 2.16. The van der Waals surface area contributed by atoms with Crippen molar-refractivity contribution >= 4 is 5.95 Å². The van der Waals surface area contributed by atoms with Gasteiger partial charge in [-0.15, -0.1) is 0 Å². The Bertz CT molecular complexity index is 471. The molecule has 1 aromatic heterocycles. The van der Waals surface area contributed by atoms with Crippen LogP contribution >= 0.6 is 0 Å². The van der Waals surface area contributed by atoms with Gasteiger partial charge in [-0.2, -0.15) is 0 Å². The molecule has 0 aliphatic heterocycles. The summed E-state index contributed by atoms with van der Waals surface area (Å²) in [6.45, 7) is 7.12. The summed E-state index contributed by atoms with van der Waals surface area (Å²) in [5.74, 6) is 0.946. The standard InChI is InChI=1S/C14H19N3/c1-11(2)15-14-16-12(3)9-17(14)10-13-7-5-4-6-8-13/h4-9,11H,10H2,1-3H3,(H,15,16). The van der Waals surface area contributed by atoms with E-state index in [9.17, 15) is 0 Å². The molecule has 2 aromatic rings. The van der Waals surface area contributed by atoms with E-state index < -0.39 is 0 Å². The molecule has 0 amide bonds. The molecule has 0 saturated carbocycles. The first-order chi connectivity index (χ1) is 8.15. The number of hydrogen-bond acceptors (Lipinski definition) is 2. The molecular weight excluding hydrogens is 210 g/mol. The zero-order valence-corrected chi connectivity index (χ0v) is 10.6. The normalized spacial score (nSPS) is 10.8. The number of rotatable bonds is 4. The van der Waals surface area contributed by atoms with E-state index in [0.29, 0.717) is 6.04 Å². The van der Waals surface area contributed by atoms with E-state index in [-0.39, 0.29) is 0 Å². The highest BCUT2D eigenvalue weighted by molar-refractivity contribution is 5.31. The van der Waals surface area contributed by atoms with E-state index in [2.05, 4.69) is 59.2 Å². The van der Waals surface area contributed by atoms with Crippen LogP contribution in [0.5, 0.6) is 0 Å². The van der Waals surface area contributed by atoms with Crippen LogP contribution in [0, 0.1) is 6.92 Å². The lowest BCUT2D eigenvalue weighted by molar-refractivity contribution is 0.774. The van der Waals surface area contributed by atoms with Crippen molar-refractivity contribution in [1.29, 1.82) is 0 Å². The van der Waals surface area contributed by atoms with Crippen LogP contribution in [0.4, 0.5) is 5.95 Å². The second-order valence-electron chi connectivity index (χ2n) is 4.62. The number of benzene rings is 1. The Balaban J connectivity index is 2.20. The molecule has 0 atom stereocenters. The summed E-state index contributed by atoms with van der Waals surface area (Å²) in [5, 5.41) is 3.37. The molecule has 0 aliphatic carbocycles. The van der Waals surface area contributed by atoms with Gasteiger partial charge in [-0.1, -0.05) is 30.3 Å². The van der Waals surface area contributed by atoms with Gasteiger partial charge in [0.25, 0.3) is 0 Å². The van der Waals surface area contributed by atoms with Gasteiger partial charge in [-0.05, 0) is 26.3 Å². The highest BCUT2D eigenvalue weighted by Crippen LogP contribution is 2.12. The molecule has 0 unspecified atom stereocenters. The van der Waals surface area contributed by atoms with Gasteiger partial charge in [-0.25, -0.2) is 4.98 Å². The third-order valence-corrected chi connectivity index (χ3v) is 2.51. The van der Waals surface area contributed by atoms with Gasteiger partial charge in [0, 0.05) is 12.2 Å². The minimum atomic E-state index is 0.395. The topological polar surface area (TPSA) is 29.9 Å². The summed E-state index contributed by atoms with van der Waals surface area (Å²) >= 11 is 0. The van der Waals surface area contributed by atoms with Crippen LogP contribution in [-0.4, -0.2) is 15.6 Å². The third kappa shape index (κ3) is 3.09. The number of aromatic nitrogens is 2. The fourth-order valence-electron chi connectivity index (χ4n) is 1.82. The largest absolute Gasteiger partial charge is 0.353 e. The second kappa shape index (κ2) is 5.04. The maximum atomic E-state index is 4.50. The van der Waals surface area contributed by atoms with Gasteiger partial charge in [0.05, 0.1) is 12.2 Å². The predicted molar refractivity (Wildman–Crippen MR) is 71.3 cm³/mol. The Morgan fingerprint density at radius 3 is 2.59 bits per heavy atom. The maximum Gasteiger partial charge on any atom is 0.203 e. The average Bonchev–Trinajstić information content (AvgIpc) is 2.59. The average molecular weight is 229 g/mol. The van der Waals surface area contributed by atoms with Crippen molar-refractivity contribution in [1.82, 2.24) is 9.55 Å². The molecule has 3 nitrogen and oxygen atoms in total. The molecule has 3 heteroatoms. The Labute approximate surface area is 103 Å². The van der Waals surface area contributed by atoms with Crippen molar-refractivity contribution in [3.05, 3.63) is 47.8 Å². The molecule has 1 aromatic carbocycles. The zero-order valence-electron chi connectivity index (χ0n) is 10.6. The maximum absolute atomic E-state index is 4.50. The first kappa shape index (κ1) is 11.7. The first-order valence-electron chi connectivity index (χ1n) is 5.99. The van der Waals surface area contributed by atoms with Crippen LogP contribution in [0.1, 0.15) is 25.1 Å². The van der Waals surface area contributed by atoms with Crippen molar-refractivity contribution in [2.75, 3.05) is 5.32 Å². The van der Waals surface area contributed by atoms with Gasteiger partial charge in [0.1, 0.15) is 0 Å². The molecule has 0 bridgehead atoms. The fourth-order valence-corrected chi connectivity index (χ4v) is 1.82. The molecule has 90 valence electrons. The van der Waals surface area contributed by atoms with Crippen LogP contribution in [0.2, 0.25) is 0 Å². The molecule has 2 rings (SSSR count). The van der Waals surface area contributed by atoms with E-state index in [4.69, 9.17) is 0 Å². The Hall–Kier alpha value is -1.77. The van der Waals surface area contributed by atoms with Crippen LogP contribution in [-0.2, 0) is 6.54 Å². The van der Waals surface area contributed by atoms with Crippen molar-refractivity contribution in [3.8, 4) is 0 Å². The highest BCUT2D eigenvalue weighted by Gasteiger charge is 2.06. The second-order valence-corrected chi connectivity index (χ2v) is 4.62. The summed E-state index contributed by atoms with van der Waals surface area (Å²) in [4.78, 5) is 4.50. The third-order valence-electron chi connectivity index (χ3n) is 2.51. The summed E-state index contributed by atoms with van der Waals surface area (Å²) in [6.07, 6.45) is 2.08. The number of hydrogen-bond donors (Lipinski definition) is 1. The van der Waals surface area contributed by atoms with Crippen molar-refractivity contribution in [2.45, 2.75) is 33.4 Å². The van der Waals surface area contributed by atoms with E-state index in [1.807, 2.05) is 13.0 Å². The fraction of sp³-hybridized carbons (Fsp3) is 0.357. The van der Waals surface area contributed by atoms with Crippen molar-refractivity contribution in [3.63, 3.8) is 0 Å². The van der Waals surface area contributed by atoms with Gasteiger partial charge in [-0.3, -0.25) is 0 Å². The number of nitrogens with one attached hydrogen (secondary N) is 1. The Morgan fingerprint density at radius 1 is 1.24 bits per heavy atom. The van der Waals surface area contributed by atoms with Crippen LogP contribution < -0.4 is 5.32 Å². The Kier molecular flexibility index (Phi) is 3.47. The lowest BCUT2D eigenvalue weighted by Crippen LogP contribution is -2.14. The van der Waals surface area contributed by atoms with E-state index in [0.717, 1.165) is 18.2 Å². The van der Waals surface area contributed by atoms with Crippen molar-refractivity contribution < 1.29 is 0 Å². The van der Waals surface area contributed by atoms with Gasteiger partial charge >= 0.3 is 0 Å². The van der Waals surface area contributed by atoms with E-state index in [1.54, 1.807) is 0 Å². The molecule has 0 fully saturated rings. The zero-order chi connectivity index (χ0) is 12.3. The molecule has 0 aliphatic rings. The first-order valence-corrected chi connectivity index (χ1v) is 5.99. The monoisotopic (exact) mass is 229 g/mol. The summed E-state index contributed by atoms with van der Waals surface area (Å²) in [6, 6.07) is 10.8. The summed E-state index contributed by atoms with van der Waals surface area (Å²) in [5.41, 5.74) is 2.33. The molecule has 0 spiro atoms. The smallest absolute Gasteiger partial charge is 0.203 e. The number of anilines is 1. The summed E-state index contributed by atoms with van der Waals surface area (Å²) in [7, 11) is 0. The van der Waals surface area contributed by atoms with E-state index in [1.165, 1.54) is 5.56 Å². The van der Waals surface area contributed by atoms with Gasteiger partial charge < -0.3 is 9.88 Å². The lowest BCUT2D eigenvalue weighted by atomic mass is 10.2. The molecule has 1 N–H and O–H groups in total. The van der Waals surface area contributed by atoms with Crippen LogP contribution in [0.3, 0.4) is 0 Å².